The van der Waals surface area contributed by atoms with Crippen molar-refractivity contribution in [3.63, 3.8) is 0 Å². The third kappa shape index (κ3) is 3.74. The minimum absolute atomic E-state index is 0.118. The van der Waals surface area contributed by atoms with Crippen LogP contribution in [0.4, 0.5) is 17.1 Å². The Kier molecular flexibility index (Phi) is 5.18. The number of nitro benzene ring substituents is 2. The highest BCUT2D eigenvalue weighted by atomic mass is 79.9. The van der Waals surface area contributed by atoms with Gasteiger partial charge in [-0.2, -0.15) is 0 Å². The van der Waals surface area contributed by atoms with E-state index < -0.39 is 21.2 Å². The van der Waals surface area contributed by atoms with Crippen LogP contribution in [-0.2, 0) is 0 Å². The number of hydrogen-bond donors (Lipinski definition) is 1. The molecule has 3 aromatic rings. The van der Waals surface area contributed by atoms with Gasteiger partial charge < -0.3 is 0 Å². The van der Waals surface area contributed by atoms with Crippen LogP contribution in [0.25, 0.3) is 5.69 Å². The van der Waals surface area contributed by atoms with Gasteiger partial charge in [-0.05, 0) is 37.3 Å². The van der Waals surface area contributed by atoms with E-state index in [1.165, 1.54) is 17.0 Å². The molecule has 0 saturated carbocycles. The second-order valence-corrected chi connectivity index (χ2v) is 6.63. The number of H-pyrrole nitrogens is 1. The Morgan fingerprint density at radius 2 is 1.71 bits per heavy atom. The van der Waals surface area contributed by atoms with E-state index in [1.807, 2.05) is 0 Å². The lowest BCUT2D eigenvalue weighted by atomic mass is 10.2. The molecular weight excluding hydrogens is 434 g/mol. The van der Waals surface area contributed by atoms with E-state index in [2.05, 4.69) is 26.0 Å². The Morgan fingerprint density at radius 1 is 1.07 bits per heavy atom. The molecule has 0 aliphatic rings. The molecule has 0 amide bonds. The molecule has 0 unspecified atom stereocenters. The highest BCUT2D eigenvalue weighted by Crippen LogP contribution is 2.30. The number of nitrogens with zero attached hydrogens (tertiary/aromatic N) is 4. The van der Waals surface area contributed by atoms with Gasteiger partial charge in [0.15, 0.2) is 0 Å². The number of aliphatic imine (C=N–C) groups is 1. The van der Waals surface area contributed by atoms with E-state index in [4.69, 9.17) is 0 Å². The maximum Gasteiger partial charge on any atom is 0.348 e. The van der Waals surface area contributed by atoms with Crippen LogP contribution in [0.1, 0.15) is 11.3 Å². The second kappa shape index (κ2) is 7.56. The average molecular weight is 446 g/mol. The van der Waals surface area contributed by atoms with Crippen molar-refractivity contribution in [1.29, 1.82) is 0 Å². The third-order valence-corrected chi connectivity index (χ3v) is 4.43. The van der Waals surface area contributed by atoms with Crippen molar-refractivity contribution < 1.29 is 9.85 Å². The monoisotopic (exact) mass is 445 g/mol. The lowest BCUT2D eigenvalue weighted by Crippen LogP contribution is -2.17. The summed E-state index contributed by atoms with van der Waals surface area (Å²) in [5, 5.41) is 24.8. The molecule has 0 radical (unpaired) electrons. The number of aromatic nitrogens is 2. The lowest BCUT2D eigenvalue weighted by Gasteiger charge is -2.00. The number of aromatic amines is 1. The molecule has 0 bridgehead atoms. The van der Waals surface area contributed by atoms with Crippen LogP contribution in [0.3, 0.4) is 0 Å². The summed E-state index contributed by atoms with van der Waals surface area (Å²) >= 11 is 3.33. The van der Waals surface area contributed by atoms with Crippen LogP contribution < -0.4 is 5.56 Å². The first-order valence-electron chi connectivity index (χ1n) is 7.82. The molecule has 142 valence electrons. The summed E-state index contributed by atoms with van der Waals surface area (Å²) in [4.78, 5) is 36.9. The van der Waals surface area contributed by atoms with E-state index >= 15 is 0 Å². The molecule has 1 heterocycles. The van der Waals surface area contributed by atoms with Crippen molar-refractivity contribution in [3.8, 4) is 5.69 Å². The number of nitrogens with one attached hydrogen (secondary N) is 1. The van der Waals surface area contributed by atoms with Crippen molar-refractivity contribution in [2.45, 2.75) is 6.92 Å². The SMILES string of the molecule is Cc1[nH]n(-c2ccc(Br)cc2)c(=O)c1C=Nc1ccc([N+](=O)[O-])c([N+](=O)[O-])c1. The molecule has 10 nitrogen and oxygen atoms in total. The number of hydrogen-bond acceptors (Lipinski definition) is 6. The molecule has 0 spiro atoms. The van der Waals surface area contributed by atoms with Gasteiger partial charge in [-0.25, -0.2) is 4.68 Å². The molecule has 0 aliphatic carbocycles. The maximum atomic E-state index is 12.6. The first kappa shape index (κ1) is 19.2. The molecule has 2 aromatic carbocycles. The van der Waals surface area contributed by atoms with Crippen LogP contribution in [0.15, 0.2) is 56.7 Å². The van der Waals surface area contributed by atoms with Crippen molar-refractivity contribution in [1.82, 2.24) is 9.78 Å². The number of halogens is 1. The zero-order chi connectivity index (χ0) is 20.4. The van der Waals surface area contributed by atoms with Crippen molar-refractivity contribution in [3.05, 3.63) is 88.8 Å². The molecular formula is C17H12BrN5O5. The predicted molar refractivity (Wildman–Crippen MR) is 106 cm³/mol. The van der Waals surface area contributed by atoms with E-state index in [-0.39, 0.29) is 16.8 Å². The minimum Gasteiger partial charge on any atom is -0.295 e. The summed E-state index contributed by atoms with van der Waals surface area (Å²) in [6.45, 7) is 1.69. The first-order valence-corrected chi connectivity index (χ1v) is 8.61. The van der Waals surface area contributed by atoms with Crippen LogP contribution in [0.5, 0.6) is 0 Å². The Balaban J connectivity index is 1.98. The maximum absolute atomic E-state index is 12.6. The number of nitro groups is 2. The zero-order valence-corrected chi connectivity index (χ0v) is 15.9. The number of benzene rings is 2. The minimum atomic E-state index is -0.848. The second-order valence-electron chi connectivity index (χ2n) is 5.71. The summed E-state index contributed by atoms with van der Waals surface area (Å²) in [7, 11) is 0. The molecule has 1 aromatic heterocycles. The predicted octanol–water partition coefficient (Wildman–Crippen LogP) is 3.80. The van der Waals surface area contributed by atoms with E-state index in [9.17, 15) is 25.0 Å². The van der Waals surface area contributed by atoms with Gasteiger partial charge >= 0.3 is 11.4 Å². The summed E-state index contributed by atoms with van der Waals surface area (Å²) in [5.41, 5.74) is -0.0801. The molecule has 28 heavy (non-hydrogen) atoms. The largest absolute Gasteiger partial charge is 0.348 e. The summed E-state index contributed by atoms with van der Waals surface area (Å²) in [6.07, 6.45) is 1.27. The Labute approximate surface area is 165 Å². The van der Waals surface area contributed by atoms with E-state index in [1.54, 1.807) is 31.2 Å². The van der Waals surface area contributed by atoms with Gasteiger partial charge in [-0.1, -0.05) is 15.9 Å². The quantitative estimate of drug-likeness (QED) is 0.361. The van der Waals surface area contributed by atoms with Gasteiger partial charge in [0, 0.05) is 28.5 Å². The van der Waals surface area contributed by atoms with Gasteiger partial charge in [0.25, 0.3) is 5.56 Å². The smallest absolute Gasteiger partial charge is 0.295 e. The summed E-state index contributed by atoms with van der Waals surface area (Å²) in [6, 6.07) is 10.4. The van der Waals surface area contributed by atoms with Gasteiger partial charge in [-0.3, -0.25) is 35.1 Å². The van der Waals surface area contributed by atoms with Crippen molar-refractivity contribution >= 4 is 39.2 Å². The normalized spacial score (nSPS) is 11.1. The molecule has 0 atom stereocenters. The number of aryl methyl sites for hydroxylation is 1. The molecule has 1 N–H and O–H groups in total. The van der Waals surface area contributed by atoms with Gasteiger partial charge in [0.2, 0.25) is 0 Å². The van der Waals surface area contributed by atoms with Gasteiger partial charge in [0.05, 0.1) is 26.8 Å². The molecule has 3 rings (SSSR count). The molecule has 0 saturated heterocycles. The third-order valence-electron chi connectivity index (χ3n) is 3.90. The fourth-order valence-electron chi connectivity index (χ4n) is 2.52. The zero-order valence-electron chi connectivity index (χ0n) is 14.3. The lowest BCUT2D eigenvalue weighted by molar-refractivity contribution is -0.422. The van der Waals surface area contributed by atoms with Crippen molar-refractivity contribution in [2.24, 2.45) is 4.99 Å². The molecule has 0 fully saturated rings. The van der Waals surface area contributed by atoms with E-state index in [0.717, 1.165) is 16.6 Å². The van der Waals surface area contributed by atoms with Crippen LogP contribution in [0.2, 0.25) is 0 Å². The molecule has 11 heteroatoms. The van der Waals surface area contributed by atoms with Gasteiger partial charge in [-0.15, -0.1) is 0 Å². The first-order chi connectivity index (χ1) is 13.3. The Hall–Kier alpha value is -3.60. The fraction of sp³-hybridized carbons (Fsp3) is 0.0588. The highest BCUT2D eigenvalue weighted by molar-refractivity contribution is 9.10. The topological polar surface area (TPSA) is 136 Å². The Morgan fingerprint density at radius 3 is 2.32 bits per heavy atom. The Bertz CT molecular complexity index is 1160. The van der Waals surface area contributed by atoms with Gasteiger partial charge in [0.1, 0.15) is 0 Å². The number of rotatable bonds is 5. The average Bonchev–Trinajstić information content (AvgIpc) is 2.94. The summed E-state index contributed by atoms with van der Waals surface area (Å²) < 4.78 is 2.22. The van der Waals surface area contributed by atoms with Crippen LogP contribution in [0, 0.1) is 27.2 Å². The summed E-state index contributed by atoms with van der Waals surface area (Å²) in [5.74, 6) is 0. The standard InChI is InChI=1S/C17H12BrN5O5/c1-10-14(17(24)21(20-10)13-5-2-11(18)3-6-13)9-19-12-4-7-15(22(25)26)16(8-12)23(27)28/h2-9,20H,1H3. The molecule has 0 aliphatic heterocycles. The highest BCUT2D eigenvalue weighted by Gasteiger charge is 2.24. The van der Waals surface area contributed by atoms with Crippen LogP contribution in [-0.4, -0.2) is 25.8 Å². The van der Waals surface area contributed by atoms with E-state index in [0.29, 0.717) is 11.4 Å². The fourth-order valence-corrected chi connectivity index (χ4v) is 2.78. The van der Waals surface area contributed by atoms with Crippen LogP contribution >= 0.6 is 15.9 Å². The van der Waals surface area contributed by atoms with Crippen molar-refractivity contribution in [2.75, 3.05) is 0 Å².